The van der Waals surface area contributed by atoms with E-state index in [1.165, 1.54) is 19.2 Å². The first-order valence-corrected chi connectivity index (χ1v) is 5.16. The number of methoxy groups -OCH3 is 1. The van der Waals surface area contributed by atoms with Gasteiger partial charge >= 0.3 is 0 Å². The monoisotopic (exact) mass is 225 g/mol. The molecule has 0 unspecified atom stereocenters. The van der Waals surface area contributed by atoms with Crippen LogP contribution in [0.5, 0.6) is 5.75 Å². The number of nitrogens with one attached hydrogen (secondary N) is 1. The van der Waals surface area contributed by atoms with E-state index in [-0.39, 0.29) is 5.56 Å². The minimum atomic E-state index is -0.569. The molecular weight excluding hydrogens is 209 g/mol. The number of rotatable bonds is 4. The number of halogens is 1. The van der Waals surface area contributed by atoms with Crippen molar-refractivity contribution in [3.05, 3.63) is 29.6 Å². The van der Waals surface area contributed by atoms with Gasteiger partial charge in [-0.3, -0.25) is 4.79 Å². The van der Waals surface area contributed by atoms with E-state index in [9.17, 15) is 9.18 Å². The molecule has 0 saturated carbocycles. The van der Waals surface area contributed by atoms with Crippen LogP contribution in [0.3, 0.4) is 0 Å². The van der Waals surface area contributed by atoms with Crippen molar-refractivity contribution in [2.24, 2.45) is 5.92 Å². The van der Waals surface area contributed by atoms with Gasteiger partial charge in [0, 0.05) is 12.6 Å². The molecule has 0 fully saturated rings. The van der Waals surface area contributed by atoms with Gasteiger partial charge in [-0.2, -0.15) is 0 Å². The lowest BCUT2D eigenvalue weighted by Gasteiger charge is -2.08. The minimum Gasteiger partial charge on any atom is -0.497 e. The van der Waals surface area contributed by atoms with Crippen LogP contribution in [0, 0.1) is 11.7 Å². The molecule has 1 aromatic rings. The van der Waals surface area contributed by atoms with Crippen molar-refractivity contribution in [2.75, 3.05) is 13.7 Å². The van der Waals surface area contributed by atoms with E-state index in [1.807, 2.05) is 13.8 Å². The molecule has 0 aliphatic carbocycles. The summed E-state index contributed by atoms with van der Waals surface area (Å²) in [5, 5.41) is 2.66. The van der Waals surface area contributed by atoms with Gasteiger partial charge < -0.3 is 10.1 Å². The zero-order chi connectivity index (χ0) is 12.1. The maximum Gasteiger partial charge on any atom is 0.254 e. The number of benzene rings is 1. The van der Waals surface area contributed by atoms with Crippen molar-refractivity contribution < 1.29 is 13.9 Å². The summed E-state index contributed by atoms with van der Waals surface area (Å²) in [4.78, 5) is 11.6. The molecule has 0 spiro atoms. The standard InChI is InChI=1S/C12H16FNO2/c1-8(2)7-14-12(15)10-5-4-9(16-3)6-11(10)13/h4-6,8H,7H2,1-3H3,(H,14,15). The van der Waals surface area contributed by atoms with Crippen LogP contribution < -0.4 is 10.1 Å². The number of amides is 1. The van der Waals surface area contributed by atoms with Crippen LogP contribution in [-0.2, 0) is 0 Å². The van der Waals surface area contributed by atoms with Crippen LogP contribution in [-0.4, -0.2) is 19.6 Å². The molecule has 3 nitrogen and oxygen atoms in total. The molecule has 1 N–H and O–H groups in total. The number of hydrogen-bond donors (Lipinski definition) is 1. The zero-order valence-electron chi connectivity index (χ0n) is 9.71. The Morgan fingerprint density at radius 1 is 1.50 bits per heavy atom. The second-order valence-corrected chi connectivity index (χ2v) is 3.95. The smallest absolute Gasteiger partial charge is 0.254 e. The van der Waals surface area contributed by atoms with E-state index in [4.69, 9.17) is 4.74 Å². The topological polar surface area (TPSA) is 38.3 Å². The fourth-order valence-electron chi connectivity index (χ4n) is 1.20. The predicted molar refractivity (Wildman–Crippen MR) is 60.1 cm³/mol. The van der Waals surface area contributed by atoms with Gasteiger partial charge in [-0.15, -0.1) is 0 Å². The molecule has 1 rings (SSSR count). The lowest BCUT2D eigenvalue weighted by atomic mass is 10.1. The Kier molecular flexibility index (Phi) is 4.28. The van der Waals surface area contributed by atoms with E-state index in [0.717, 1.165) is 0 Å². The third-order valence-electron chi connectivity index (χ3n) is 2.09. The molecule has 0 atom stereocenters. The van der Waals surface area contributed by atoms with E-state index >= 15 is 0 Å². The number of ether oxygens (including phenoxy) is 1. The summed E-state index contributed by atoms with van der Waals surface area (Å²) in [7, 11) is 1.45. The van der Waals surface area contributed by atoms with Gasteiger partial charge in [-0.1, -0.05) is 13.8 Å². The molecule has 0 bridgehead atoms. The van der Waals surface area contributed by atoms with Crippen LogP contribution in [0.4, 0.5) is 4.39 Å². The molecule has 4 heteroatoms. The molecule has 1 aromatic carbocycles. The zero-order valence-corrected chi connectivity index (χ0v) is 9.71. The van der Waals surface area contributed by atoms with Gasteiger partial charge in [-0.25, -0.2) is 4.39 Å². The quantitative estimate of drug-likeness (QED) is 0.853. The highest BCUT2D eigenvalue weighted by molar-refractivity contribution is 5.94. The summed E-state index contributed by atoms with van der Waals surface area (Å²) in [6.07, 6.45) is 0. The molecule has 0 saturated heterocycles. The molecule has 0 aliphatic heterocycles. The van der Waals surface area contributed by atoms with Crippen molar-refractivity contribution in [3.63, 3.8) is 0 Å². The van der Waals surface area contributed by atoms with Gasteiger partial charge in [0.15, 0.2) is 0 Å². The molecule has 88 valence electrons. The Balaban J connectivity index is 2.76. The fourth-order valence-corrected chi connectivity index (χ4v) is 1.20. The molecule has 0 aromatic heterocycles. The third-order valence-corrected chi connectivity index (χ3v) is 2.09. The normalized spacial score (nSPS) is 10.3. The van der Waals surface area contributed by atoms with Crippen LogP contribution in [0.15, 0.2) is 18.2 Å². The van der Waals surface area contributed by atoms with Gasteiger partial charge in [0.05, 0.1) is 12.7 Å². The minimum absolute atomic E-state index is 0.0430. The lowest BCUT2D eigenvalue weighted by Crippen LogP contribution is -2.28. The highest BCUT2D eigenvalue weighted by atomic mass is 19.1. The van der Waals surface area contributed by atoms with Gasteiger partial charge in [0.1, 0.15) is 11.6 Å². The number of carbonyl (C=O) groups excluding carboxylic acids is 1. The first-order chi connectivity index (χ1) is 7.54. The van der Waals surface area contributed by atoms with Crippen molar-refractivity contribution in [2.45, 2.75) is 13.8 Å². The second kappa shape index (κ2) is 5.49. The number of hydrogen-bond acceptors (Lipinski definition) is 2. The van der Waals surface area contributed by atoms with E-state index in [0.29, 0.717) is 18.2 Å². The molecule has 0 aliphatic rings. The summed E-state index contributed by atoms with van der Waals surface area (Å²) in [5.41, 5.74) is 0.0430. The average molecular weight is 225 g/mol. The van der Waals surface area contributed by atoms with Crippen LogP contribution in [0.2, 0.25) is 0 Å². The largest absolute Gasteiger partial charge is 0.497 e. The number of carbonyl (C=O) groups is 1. The first kappa shape index (κ1) is 12.5. The second-order valence-electron chi connectivity index (χ2n) is 3.95. The molecular formula is C12H16FNO2. The summed E-state index contributed by atoms with van der Waals surface area (Å²) in [6.45, 7) is 4.49. The van der Waals surface area contributed by atoms with Crippen molar-refractivity contribution >= 4 is 5.91 Å². The molecule has 0 radical (unpaired) electrons. The van der Waals surface area contributed by atoms with Gasteiger partial charge in [0.2, 0.25) is 0 Å². The maximum atomic E-state index is 13.5. The fraction of sp³-hybridized carbons (Fsp3) is 0.417. The van der Waals surface area contributed by atoms with Crippen LogP contribution in [0.1, 0.15) is 24.2 Å². The Labute approximate surface area is 94.6 Å². The lowest BCUT2D eigenvalue weighted by molar-refractivity contribution is 0.0945. The van der Waals surface area contributed by atoms with Crippen molar-refractivity contribution in [1.82, 2.24) is 5.32 Å². The predicted octanol–water partition coefficient (Wildman–Crippen LogP) is 2.22. The average Bonchev–Trinajstić information content (AvgIpc) is 2.25. The third kappa shape index (κ3) is 3.22. The molecule has 16 heavy (non-hydrogen) atoms. The van der Waals surface area contributed by atoms with Gasteiger partial charge in [-0.05, 0) is 18.1 Å². The Morgan fingerprint density at radius 2 is 2.19 bits per heavy atom. The summed E-state index contributed by atoms with van der Waals surface area (Å²) < 4.78 is 18.3. The van der Waals surface area contributed by atoms with Crippen LogP contribution >= 0.6 is 0 Å². The summed E-state index contributed by atoms with van der Waals surface area (Å²) >= 11 is 0. The van der Waals surface area contributed by atoms with E-state index in [2.05, 4.69) is 5.32 Å². The van der Waals surface area contributed by atoms with Crippen molar-refractivity contribution in [1.29, 1.82) is 0 Å². The first-order valence-electron chi connectivity index (χ1n) is 5.16. The van der Waals surface area contributed by atoms with Gasteiger partial charge in [0.25, 0.3) is 5.91 Å². The Hall–Kier alpha value is -1.58. The highest BCUT2D eigenvalue weighted by Gasteiger charge is 2.12. The summed E-state index contributed by atoms with van der Waals surface area (Å²) in [5.74, 6) is -0.224. The van der Waals surface area contributed by atoms with Crippen molar-refractivity contribution in [3.8, 4) is 5.75 Å². The molecule has 1 amide bonds. The SMILES string of the molecule is COc1ccc(C(=O)NCC(C)C)c(F)c1. The maximum absolute atomic E-state index is 13.5. The Bertz CT molecular complexity index is 377. The Morgan fingerprint density at radius 3 is 2.69 bits per heavy atom. The molecule has 0 heterocycles. The van der Waals surface area contributed by atoms with E-state index < -0.39 is 11.7 Å². The highest BCUT2D eigenvalue weighted by Crippen LogP contribution is 2.16. The van der Waals surface area contributed by atoms with Crippen LogP contribution in [0.25, 0.3) is 0 Å². The summed E-state index contributed by atoms with van der Waals surface area (Å²) in [6, 6.07) is 4.18. The van der Waals surface area contributed by atoms with E-state index in [1.54, 1.807) is 6.07 Å².